The third-order valence-electron chi connectivity index (χ3n) is 6.09. The minimum Gasteiger partial charge on any atom is -0.384 e. The summed E-state index contributed by atoms with van der Waals surface area (Å²) >= 11 is 0. The van der Waals surface area contributed by atoms with Gasteiger partial charge in [-0.15, -0.1) is 0 Å². The fraction of sp³-hybridized carbons (Fsp3) is 0.192. The maximum atomic E-state index is 14.5. The summed E-state index contributed by atoms with van der Waals surface area (Å²) in [6, 6.07) is 10.6. The molecule has 0 radical (unpaired) electrons. The molecule has 0 spiro atoms. The van der Waals surface area contributed by atoms with Crippen LogP contribution >= 0.6 is 0 Å². The lowest BCUT2D eigenvalue weighted by molar-refractivity contribution is 0.425. The molecular formula is C26H25FN10. The van der Waals surface area contributed by atoms with Crippen molar-refractivity contribution in [2.45, 2.75) is 0 Å². The van der Waals surface area contributed by atoms with Crippen molar-refractivity contribution in [3.05, 3.63) is 60.8 Å². The molecule has 5 aromatic heterocycles. The molecule has 11 heteroatoms. The number of imidazole rings is 1. The van der Waals surface area contributed by atoms with Gasteiger partial charge in [-0.2, -0.15) is 10.2 Å². The minimum absolute atomic E-state index is 0.343. The molecule has 0 atom stereocenters. The van der Waals surface area contributed by atoms with Crippen LogP contribution in [0.15, 0.2) is 55.0 Å². The van der Waals surface area contributed by atoms with Gasteiger partial charge in [-0.05, 0) is 50.5 Å². The van der Waals surface area contributed by atoms with E-state index in [9.17, 15) is 4.39 Å². The molecule has 0 fully saturated rings. The highest BCUT2D eigenvalue weighted by Crippen LogP contribution is 2.32. The number of aryl methyl sites for hydroxylation is 1. The van der Waals surface area contributed by atoms with Gasteiger partial charge in [-0.25, -0.2) is 14.4 Å². The summed E-state index contributed by atoms with van der Waals surface area (Å²) in [5.74, 6) is 0.205. The Bertz CT molecular complexity index is 1730. The van der Waals surface area contributed by atoms with Crippen LogP contribution < -0.4 is 5.32 Å². The number of anilines is 1. The molecule has 37 heavy (non-hydrogen) atoms. The maximum Gasteiger partial charge on any atom is 0.161 e. The van der Waals surface area contributed by atoms with Crippen LogP contribution in [0, 0.1) is 5.82 Å². The molecule has 6 rings (SSSR count). The number of H-pyrrole nitrogens is 2. The van der Waals surface area contributed by atoms with Gasteiger partial charge in [0.05, 0.1) is 28.6 Å². The van der Waals surface area contributed by atoms with Crippen LogP contribution in [-0.2, 0) is 7.05 Å². The second-order valence-corrected chi connectivity index (χ2v) is 9.17. The highest BCUT2D eigenvalue weighted by atomic mass is 19.1. The van der Waals surface area contributed by atoms with Crippen molar-refractivity contribution in [1.29, 1.82) is 0 Å². The summed E-state index contributed by atoms with van der Waals surface area (Å²) < 4.78 is 16.3. The minimum atomic E-state index is -0.343. The standard InChI is InChI=1S/C26H25FN10/c1-36(2)9-8-28-18-11-15(10-17(27)12-18)22-23-20(6-7-29-22)32-26(33-23)25-24-21(34-35-25)5-4-19(31-24)16-13-30-37(3)14-16/h4-7,10-14,28H,8-9H2,1-3H3,(H,32,33)(H,34,35). The molecule has 1 aromatic carbocycles. The second-order valence-electron chi connectivity index (χ2n) is 9.17. The predicted octanol–water partition coefficient (Wildman–Crippen LogP) is 4.08. The van der Waals surface area contributed by atoms with Crippen molar-refractivity contribution in [1.82, 2.24) is 44.8 Å². The third kappa shape index (κ3) is 4.40. The van der Waals surface area contributed by atoms with E-state index in [2.05, 4.69) is 35.5 Å². The first-order valence-electron chi connectivity index (χ1n) is 11.8. The van der Waals surface area contributed by atoms with Gasteiger partial charge >= 0.3 is 0 Å². The Hall–Kier alpha value is -4.64. The molecule has 0 unspecified atom stereocenters. The number of aromatic amines is 2. The Labute approximate surface area is 211 Å². The Morgan fingerprint density at radius 2 is 1.86 bits per heavy atom. The van der Waals surface area contributed by atoms with Gasteiger partial charge in [0.1, 0.15) is 16.9 Å². The zero-order valence-electron chi connectivity index (χ0n) is 20.6. The summed E-state index contributed by atoms with van der Waals surface area (Å²) in [6.45, 7) is 1.52. The van der Waals surface area contributed by atoms with Crippen molar-refractivity contribution >= 4 is 27.8 Å². The second kappa shape index (κ2) is 9.10. The molecule has 5 heterocycles. The molecule has 3 N–H and O–H groups in total. The zero-order chi connectivity index (χ0) is 25.5. The number of benzene rings is 1. The Kier molecular flexibility index (Phi) is 5.61. The summed E-state index contributed by atoms with van der Waals surface area (Å²) in [7, 11) is 5.86. The number of halogens is 1. The molecule has 0 aliphatic rings. The summed E-state index contributed by atoms with van der Waals surface area (Å²) in [5, 5.41) is 15.0. The third-order valence-corrected chi connectivity index (χ3v) is 6.09. The van der Waals surface area contributed by atoms with Crippen LogP contribution in [0.5, 0.6) is 0 Å². The number of aromatic nitrogens is 8. The Balaban J connectivity index is 1.40. The summed E-state index contributed by atoms with van der Waals surface area (Å²) in [6.07, 6.45) is 5.37. The number of pyridine rings is 2. The maximum absolute atomic E-state index is 14.5. The van der Waals surface area contributed by atoms with E-state index in [1.54, 1.807) is 17.1 Å². The average Bonchev–Trinajstić information content (AvgIpc) is 3.60. The van der Waals surface area contributed by atoms with Crippen LogP contribution in [0.25, 0.3) is 56.1 Å². The molecule has 0 saturated heterocycles. The molecule has 0 saturated carbocycles. The molecule has 10 nitrogen and oxygen atoms in total. The molecule has 0 aliphatic heterocycles. The van der Waals surface area contributed by atoms with Crippen LogP contribution in [0.1, 0.15) is 0 Å². The van der Waals surface area contributed by atoms with Gasteiger partial charge < -0.3 is 15.2 Å². The highest BCUT2D eigenvalue weighted by Gasteiger charge is 2.18. The van der Waals surface area contributed by atoms with E-state index in [-0.39, 0.29) is 5.82 Å². The predicted molar refractivity (Wildman–Crippen MR) is 141 cm³/mol. The molecule has 0 amide bonds. The number of hydrogen-bond acceptors (Lipinski definition) is 7. The monoisotopic (exact) mass is 496 g/mol. The van der Waals surface area contributed by atoms with E-state index >= 15 is 0 Å². The fourth-order valence-electron chi connectivity index (χ4n) is 4.29. The lowest BCUT2D eigenvalue weighted by Gasteiger charge is -2.12. The number of fused-ring (bicyclic) bond motifs is 2. The topological polar surface area (TPSA) is 116 Å². The van der Waals surface area contributed by atoms with Crippen molar-refractivity contribution < 1.29 is 4.39 Å². The number of rotatable bonds is 7. The SMILES string of the molecule is CN(C)CCNc1cc(F)cc(-c2nccc3[nH]c(-c4n[nH]c5ccc(-c6cnn(C)c6)nc45)nc23)c1. The zero-order valence-corrected chi connectivity index (χ0v) is 20.6. The number of nitrogens with zero attached hydrogens (tertiary/aromatic N) is 7. The van der Waals surface area contributed by atoms with E-state index in [0.717, 1.165) is 28.8 Å². The lowest BCUT2D eigenvalue weighted by atomic mass is 10.1. The van der Waals surface area contributed by atoms with Gasteiger partial charge in [0, 0.05) is 49.3 Å². The molecule has 186 valence electrons. The number of nitrogens with one attached hydrogen (secondary N) is 3. The van der Waals surface area contributed by atoms with Crippen LogP contribution in [0.4, 0.5) is 10.1 Å². The van der Waals surface area contributed by atoms with Crippen LogP contribution in [0.2, 0.25) is 0 Å². The van der Waals surface area contributed by atoms with Gasteiger partial charge in [-0.1, -0.05) is 0 Å². The molecule has 6 aromatic rings. The van der Waals surface area contributed by atoms with E-state index in [1.165, 1.54) is 12.1 Å². The number of hydrogen-bond donors (Lipinski definition) is 3. The fourth-order valence-corrected chi connectivity index (χ4v) is 4.29. The highest BCUT2D eigenvalue weighted by molar-refractivity contribution is 5.95. The summed E-state index contributed by atoms with van der Waals surface area (Å²) in [5.41, 5.74) is 7.08. The smallest absolute Gasteiger partial charge is 0.161 e. The normalized spacial score (nSPS) is 11.7. The van der Waals surface area contributed by atoms with Crippen LogP contribution in [0.3, 0.4) is 0 Å². The van der Waals surface area contributed by atoms with E-state index in [1.807, 2.05) is 51.6 Å². The average molecular weight is 497 g/mol. The molecular weight excluding hydrogens is 471 g/mol. The lowest BCUT2D eigenvalue weighted by Crippen LogP contribution is -2.20. The van der Waals surface area contributed by atoms with Crippen molar-refractivity contribution in [2.24, 2.45) is 7.05 Å². The largest absolute Gasteiger partial charge is 0.384 e. The van der Waals surface area contributed by atoms with E-state index in [0.29, 0.717) is 46.0 Å². The van der Waals surface area contributed by atoms with E-state index < -0.39 is 0 Å². The van der Waals surface area contributed by atoms with Gasteiger partial charge in [0.15, 0.2) is 11.5 Å². The first-order chi connectivity index (χ1) is 17.9. The van der Waals surface area contributed by atoms with Crippen LogP contribution in [-0.4, -0.2) is 72.0 Å². The van der Waals surface area contributed by atoms with Gasteiger partial charge in [-0.3, -0.25) is 14.8 Å². The van der Waals surface area contributed by atoms with Gasteiger partial charge in [0.2, 0.25) is 0 Å². The number of likely N-dealkylation sites (N-methyl/N-ethyl adjacent to an activating group) is 1. The van der Waals surface area contributed by atoms with Gasteiger partial charge in [0.25, 0.3) is 0 Å². The first-order valence-corrected chi connectivity index (χ1v) is 11.8. The van der Waals surface area contributed by atoms with Crippen molar-refractivity contribution in [3.8, 4) is 34.0 Å². The summed E-state index contributed by atoms with van der Waals surface area (Å²) in [4.78, 5) is 19.6. The van der Waals surface area contributed by atoms with Crippen molar-refractivity contribution in [2.75, 3.05) is 32.5 Å². The molecule has 0 bridgehead atoms. The van der Waals surface area contributed by atoms with E-state index in [4.69, 9.17) is 9.97 Å². The van der Waals surface area contributed by atoms with Crippen molar-refractivity contribution in [3.63, 3.8) is 0 Å². The first kappa shape index (κ1) is 22.8. The Morgan fingerprint density at radius 3 is 2.68 bits per heavy atom. The quantitative estimate of drug-likeness (QED) is 0.305. The Morgan fingerprint density at radius 1 is 1.00 bits per heavy atom. The molecule has 0 aliphatic carbocycles.